The van der Waals surface area contributed by atoms with Crippen molar-refractivity contribution in [2.75, 3.05) is 0 Å². The Kier molecular flexibility index (Phi) is 2.13. The van der Waals surface area contributed by atoms with Crippen LogP contribution in [0.2, 0.25) is 0 Å². The lowest BCUT2D eigenvalue weighted by Gasteiger charge is -2.34. The lowest BCUT2D eigenvalue weighted by atomic mass is 9.77. The van der Waals surface area contributed by atoms with E-state index in [2.05, 4.69) is 10.1 Å². The number of nitrogens with zero attached hydrogens (tertiary/aromatic N) is 2. The van der Waals surface area contributed by atoms with Crippen LogP contribution < -0.4 is 5.73 Å². The van der Waals surface area contributed by atoms with Gasteiger partial charge in [0.2, 0.25) is 0 Å². The molecule has 3 rings (SSSR count). The molecule has 2 N–H and O–H groups in total. The molecule has 0 spiro atoms. The number of nitrogens with two attached hydrogens (primary N) is 1. The number of aryl methyl sites for hydroxylation is 2. The minimum atomic E-state index is -0.392. The van der Waals surface area contributed by atoms with E-state index in [4.69, 9.17) is 14.7 Å². The maximum atomic E-state index is 6.14. The molecule has 0 aromatic carbocycles. The van der Waals surface area contributed by atoms with Crippen LogP contribution in [0.4, 0.5) is 0 Å². The lowest BCUT2D eigenvalue weighted by molar-refractivity contribution is 0.229. The third kappa shape index (κ3) is 1.58. The number of hydrogen-bond donors (Lipinski definition) is 1. The molecule has 0 aliphatic heterocycles. The van der Waals surface area contributed by atoms with Crippen LogP contribution in [0, 0.1) is 13.8 Å². The van der Waals surface area contributed by atoms with Crippen LogP contribution in [0.25, 0.3) is 11.7 Å². The summed E-state index contributed by atoms with van der Waals surface area (Å²) < 4.78 is 10.8. The first kappa shape index (κ1) is 10.5. The normalized spacial score (nSPS) is 18.1. The first-order valence-electron chi connectivity index (χ1n) is 5.79. The van der Waals surface area contributed by atoms with Gasteiger partial charge in [-0.2, -0.15) is 4.98 Å². The van der Waals surface area contributed by atoms with Gasteiger partial charge in [-0.25, -0.2) is 0 Å². The summed E-state index contributed by atoms with van der Waals surface area (Å²) in [6, 6.07) is 1.95. The maximum absolute atomic E-state index is 6.14. The highest BCUT2D eigenvalue weighted by molar-refractivity contribution is 5.50. The number of rotatable bonds is 2. The van der Waals surface area contributed by atoms with E-state index in [-0.39, 0.29) is 0 Å². The van der Waals surface area contributed by atoms with Crippen molar-refractivity contribution < 1.29 is 8.94 Å². The number of hydrogen-bond acceptors (Lipinski definition) is 5. The van der Waals surface area contributed by atoms with Crippen molar-refractivity contribution in [2.45, 2.75) is 38.6 Å². The first-order valence-corrected chi connectivity index (χ1v) is 5.79. The summed E-state index contributed by atoms with van der Waals surface area (Å²) in [5.74, 6) is 2.49. The molecule has 2 heterocycles. The van der Waals surface area contributed by atoms with Crippen LogP contribution in [0.5, 0.6) is 0 Å². The van der Waals surface area contributed by atoms with Crippen molar-refractivity contribution in [1.82, 2.24) is 10.1 Å². The average Bonchev–Trinajstić information content (AvgIpc) is 2.81. The van der Waals surface area contributed by atoms with Crippen LogP contribution in [-0.2, 0) is 5.54 Å². The zero-order valence-electron chi connectivity index (χ0n) is 9.99. The molecule has 0 unspecified atom stereocenters. The van der Waals surface area contributed by atoms with Crippen molar-refractivity contribution in [3.63, 3.8) is 0 Å². The topological polar surface area (TPSA) is 78.1 Å². The Hall–Kier alpha value is -1.62. The molecule has 1 saturated carbocycles. The van der Waals surface area contributed by atoms with E-state index in [9.17, 15) is 0 Å². The molecule has 0 radical (unpaired) electrons. The quantitative estimate of drug-likeness (QED) is 0.860. The minimum absolute atomic E-state index is 0.392. The summed E-state index contributed by atoms with van der Waals surface area (Å²) in [6.45, 7) is 3.85. The summed E-state index contributed by atoms with van der Waals surface area (Å²) in [6.07, 6.45) is 2.96. The van der Waals surface area contributed by atoms with E-state index in [0.29, 0.717) is 17.5 Å². The molecule has 1 aliphatic carbocycles. The molecule has 0 atom stereocenters. The molecule has 0 amide bonds. The van der Waals surface area contributed by atoms with E-state index in [1.54, 1.807) is 0 Å². The van der Waals surface area contributed by atoms with Crippen LogP contribution in [-0.4, -0.2) is 10.1 Å². The smallest absolute Gasteiger partial charge is 0.293 e. The number of aromatic nitrogens is 2. The highest BCUT2D eigenvalue weighted by Crippen LogP contribution is 2.38. The predicted molar refractivity (Wildman–Crippen MR) is 61.2 cm³/mol. The molecule has 0 saturated heterocycles. The third-order valence-electron chi connectivity index (χ3n) is 3.35. The molecule has 2 aromatic rings. The predicted octanol–water partition coefficient (Wildman–Crippen LogP) is 2.28. The van der Waals surface area contributed by atoms with Crippen molar-refractivity contribution in [3.8, 4) is 11.7 Å². The summed E-state index contributed by atoms with van der Waals surface area (Å²) in [4.78, 5) is 4.35. The average molecular weight is 233 g/mol. The van der Waals surface area contributed by atoms with Crippen LogP contribution in [0.1, 0.15) is 36.4 Å². The van der Waals surface area contributed by atoms with Gasteiger partial charge < -0.3 is 14.7 Å². The van der Waals surface area contributed by atoms with E-state index in [0.717, 1.165) is 30.6 Å². The molecule has 5 nitrogen and oxygen atoms in total. The van der Waals surface area contributed by atoms with E-state index < -0.39 is 5.54 Å². The monoisotopic (exact) mass is 233 g/mol. The molecular weight excluding hydrogens is 218 g/mol. The second-order valence-electron chi connectivity index (χ2n) is 4.80. The van der Waals surface area contributed by atoms with Crippen molar-refractivity contribution in [2.24, 2.45) is 5.73 Å². The van der Waals surface area contributed by atoms with Crippen molar-refractivity contribution in [1.29, 1.82) is 0 Å². The molecule has 5 heteroatoms. The summed E-state index contributed by atoms with van der Waals surface area (Å²) in [5.41, 5.74) is 6.75. The molecule has 1 aliphatic rings. The van der Waals surface area contributed by atoms with Gasteiger partial charge in [-0.3, -0.25) is 0 Å². The SMILES string of the molecule is Cc1cc(C)c(-c2nc(C3(N)CCC3)no2)o1. The number of furan rings is 1. The largest absolute Gasteiger partial charge is 0.456 e. The second kappa shape index (κ2) is 3.43. The minimum Gasteiger partial charge on any atom is -0.456 e. The Labute approximate surface area is 99.0 Å². The van der Waals surface area contributed by atoms with Gasteiger partial charge in [0.25, 0.3) is 5.89 Å². The van der Waals surface area contributed by atoms with Gasteiger partial charge >= 0.3 is 0 Å². The Bertz CT molecular complexity index is 552. The second-order valence-corrected chi connectivity index (χ2v) is 4.80. The van der Waals surface area contributed by atoms with Gasteiger partial charge in [0.1, 0.15) is 5.76 Å². The molecule has 0 bridgehead atoms. The van der Waals surface area contributed by atoms with Gasteiger partial charge in [0, 0.05) is 5.56 Å². The Morgan fingerprint density at radius 3 is 2.65 bits per heavy atom. The fraction of sp³-hybridized carbons (Fsp3) is 0.500. The van der Waals surface area contributed by atoms with E-state index >= 15 is 0 Å². The van der Waals surface area contributed by atoms with Gasteiger partial charge in [-0.1, -0.05) is 5.16 Å². The zero-order chi connectivity index (χ0) is 12.0. The van der Waals surface area contributed by atoms with E-state index in [1.807, 2.05) is 19.9 Å². The van der Waals surface area contributed by atoms with Crippen LogP contribution >= 0.6 is 0 Å². The fourth-order valence-electron chi connectivity index (χ4n) is 2.15. The standard InChI is InChI=1S/C12H15N3O2/c1-7-6-8(2)16-9(7)10-14-11(15-17-10)12(13)4-3-5-12/h6H,3-5,13H2,1-2H3. The Morgan fingerprint density at radius 1 is 1.35 bits per heavy atom. The van der Waals surface area contributed by atoms with Crippen LogP contribution in [0.15, 0.2) is 15.0 Å². The molecule has 1 fully saturated rings. The Balaban J connectivity index is 1.97. The van der Waals surface area contributed by atoms with Crippen molar-refractivity contribution in [3.05, 3.63) is 23.2 Å². The molecule has 2 aromatic heterocycles. The lowest BCUT2D eigenvalue weighted by Crippen LogP contribution is -2.44. The van der Waals surface area contributed by atoms with Crippen LogP contribution in [0.3, 0.4) is 0 Å². The summed E-state index contributed by atoms with van der Waals surface area (Å²) in [5, 5.41) is 3.97. The zero-order valence-corrected chi connectivity index (χ0v) is 9.99. The van der Waals surface area contributed by atoms with Crippen molar-refractivity contribution >= 4 is 0 Å². The highest BCUT2D eigenvalue weighted by atomic mass is 16.5. The molecule has 17 heavy (non-hydrogen) atoms. The van der Waals surface area contributed by atoms with E-state index in [1.165, 1.54) is 0 Å². The Morgan fingerprint density at radius 2 is 2.12 bits per heavy atom. The molecule has 90 valence electrons. The van der Waals surface area contributed by atoms with Gasteiger partial charge in [-0.15, -0.1) is 0 Å². The summed E-state index contributed by atoms with van der Waals surface area (Å²) >= 11 is 0. The highest BCUT2D eigenvalue weighted by Gasteiger charge is 2.39. The van der Waals surface area contributed by atoms with Gasteiger partial charge in [0.05, 0.1) is 5.54 Å². The maximum Gasteiger partial charge on any atom is 0.293 e. The third-order valence-corrected chi connectivity index (χ3v) is 3.35. The fourth-order valence-corrected chi connectivity index (χ4v) is 2.15. The van der Waals surface area contributed by atoms with Gasteiger partial charge in [-0.05, 0) is 39.2 Å². The molecular formula is C12H15N3O2. The van der Waals surface area contributed by atoms with Gasteiger partial charge in [0.15, 0.2) is 11.6 Å². The first-order chi connectivity index (χ1) is 8.08. The summed E-state index contributed by atoms with van der Waals surface area (Å²) in [7, 11) is 0.